The zero-order chi connectivity index (χ0) is 12.6. The Bertz CT molecular complexity index is 556. The molecule has 0 aromatic carbocycles. The highest BCUT2D eigenvalue weighted by Gasteiger charge is 2.41. The molecule has 1 fully saturated rings. The minimum absolute atomic E-state index is 0.535. The van der Waals surface area contributed by atoms with E-state index >= 15 is 0 Å². The Kier molecular flexibility index (Phi) is 2.69. The normalized spacial score (nSPS) is 17.0. The molecule has 1 aliphatic carbocycles. The number of hydrogen-bond acceptors (Lipinski definition) is 4. The van der Waals surface area contributed by atoms with Crippen molar-refractivity contribution in [1.82, 2.24) is 19.8 Å². The highest BCUT2D eigenvalue weighted by atomic mass is 15.4. The molecule has 1 saturated carbocycles. The molecule has 5 nitrogen and oxygen atoms in total. The zero-order valence-electron chi connectivity index (χ0n) is 11.0. The van der Waals surface area contributed by atoms with Gasteiger partial charge >= 0.3 is 0 Å². The SMILES string of the molecule is CCCC1(CNc2ccc3nnc(C)n3n2)CC1. The third-order valence-corrected chi connectivity index (χ3v) is 3.80. The first-order valence-corrected chi connectivity index (χ1v) is 6.65. The van der Waals surface area contributed by atoms with Crippen molar-refractivity contribution in [3.05, 3.63) is 18.0 Å². The molecule has 0 unspecified atom stereocenters. The first kappa shape index (κ1) is 11.4. The minimum atomic E-state index is 0.535. The van der Waals surface area contributed by atoms with Crippen LogP contribution in [0.3, 0.4) is 0 Å². The maximum atomic E-state index is 4.51. The maximum Gasteiger partial charge on any atom is 0.178 e. The Hall–Kier alpha value is -1.65. The van der Waals surface area contributed by atoms with Gasteiger partial charge in [-0.3, -0.25) is 0 Å². The van der Waals surface area contributed by atoms with Gasteiger partial charge in [0.25, 0.3) is 0 Å². The lowest BCUT2D eigenvalue weighted by Crippen LogP contribution is -2.16. The highest BCUT2D eigenvalue weighted by molar-refractivity contribution is 5.44. The van der Waals surface area contributed by atoms with Gasteiger partial charge in [-0.25, -0.2) is 0 Å². The second kappa shape index (κ2) is 4.23. The molecule has 18 heavy (non-hydrogen) atoms. The summed E-state index contributed by atoms with van der Waals surface area (Å²) in [6.45, 7) is 5.20. The molecule has 0 amide bonds. The van der Waals surface area contributed by atoms with Gasteiger partial charge in [-0.2, -0.15) is 4.52 Å². The zero-order valence-corrected chi connectivity index (χ0v) is 11.0. The average molecular weight is 245 g/mol. The van der Waals surface area contributed by atoms with Crippen LogP contribution in [0.15, 0.2) is 12.1 Å². The molecule has 0 aliphatic heterocycles. The van der Waals surface area contributed by atoms with Crippen LogP contribution in [0.4, 0.5) is 5.82 Å². The second-order valence-electron chi connectivity index (χ2n) is 5.34. The predicted molar refractivity (Wildman–Crippen MR) is 70.6 cm³/mol. The van der Waals surface area contributed by atoms with E-state index < -0.39 is 0 Å². The number of fused-ring (bicyclic) bond motifs is 1. The molecule has 0 spiro atoms. The fourth-order valence-corrected chi connectivity index (χ4v) is 2.49. The standard InChI is InChI=1S/C13H19N5/c1-3-6-13(7-8-13)9-14-11-4-5-12-16-15-10(2)18(12)17-11/h4-5H,3,6-9H2,1-2H3,(H,14,17). The summed E-state index contributed by atoms with van der Waals surface area (Å²) in [5.41, 5.74) is 1.33. The molecule has 0 atom stereocenters. The molecule has 2 heterocycles. The van der Waals surface area contributed by atoms with Crippen molar-refractivity contribution in [1.29, 1.82) is 0 Å². The summed E-state index contributed by atoms with van der Waals surface area (Å²) < 4.78 is 1.78. The van der Waals surface area contributed by atoms with Crippen LogP contribution in [-0.2, 0) is 0 Å². The van der Waals surface area contributed by atoms with Gasteiger partial charge in [0.1, 0.15) is 5.82 Å². The summed E-state index contributed by atoms with van der Waals surface area (Å²) in [4.78, 5) is 0. The third-order valence-electron chi connectivity index (χ3n) is 3.80. The third kappa shape index (κ3) is 2.05. The largest absolute Gasteiger partial charge is 0.368 e. The smallest absolute Gasteiger partial charge is 0.178 e. The molecule has 96 valence electrons. The molecule has 0 bridgehead atoms. The Morgan fingerprint density at radius 1 is 1.33 bits per heavy atom. The van der Waals surface area contributed by atoms with Crippen LogP contribution in [0, 0.1) is 12.3 Å². The molecular weight excluding hydrogens is 226 g/mol. The van der Waals surface area contributed by atoms with Gasteiger partial charge in [0, 0.05) is 6.54 Å². The Labute approximate surface area is 107 Å². The van der Waals surface area contributed by atoms with Crippen molar-refractivity contribution in [3.63, 3.8) is 0 Å². The molecule has 5 heteroatoms. The lowest BCUT2D eigenvalue weighted by atomic mass is 10.0. The lowest BCUT2D eigenvalue weighted by Gasteiger charge is -2.15. The van der Waals surface area contributed by atoms with Crippen LogP contribution in [0.2, 0.25) is 0 Å². The van der Waals surface area contributed by atoms with Crippen LogP contribution in [0.25, 0.3) is 5.65 Å². The van der Waals surface area contributed by atoms with E-state index in [9.17, 15) is 0 Å². The summed E-state index contributed by atoms with van der Waals surface area (Å²) in [6, 6.07) is 3.93. The van der Waals surface area contributed by atoms with E-state index in [0.29, 0.717) is 5.41 Å². The molecule has 1 N–H and O–H groups in total. The van der Waals surface area contributed by atoms with Crippen molar-refractivity contribution in [2.75, 3.05) is 11.9 Å². The molecule has 2 aromatic rings. The average Bonchev–Trinajstić information content (AvgIpc) is 3.05. The van der Waals surface area contributed by atoms with Crippen molar-refractivity contribution < 1.29 is 0 Å². The molecule has 1 aliphatic rings. The number of nitrogens with zero attached hydrogens (tertiary/aromatic N) is 4. The van der Waals surface area contributed by atoms with E-state index in [1.165, 1.54) is 25.7 Å². The van der Waals surface area contributed by atoms with Gasteiger partial charge in [0.05, 0.1) is 0 Å². The van der Waals surface area contributed by atoms with Crippen LogP contribution >= 0.6 is 0 Å². The maximum absolute atomic E-state index is 4.51. The van der Waals surface area contributed by atoms with Gasteiger partial charge in [-0.1, -0.05) is 13.3 Å². The number of aryl methyl sites for hydroxylation is 1. The Balaban J connectivity index is 1.73. The van der Waals surface area contributed by atoms with Gasteiger partial charge in [0.2, 0.25) is 0 Å². The van der Waals surface area contributed by atoms with E-state index in [1.807, 2.05) is 19.1 Å². The fourth-order valence-electron chi connectivity index (χ4n) is 2.49. The van der Waals surface area contributed by atoms with E-state index in [1.54, 1.807) is 4.52 Å². The van der Waals surface area contributed by atoms with Crippen LogP contribution in [0.1, 0.15) is 38.4 Å². The molecule has 3 rings (SSSR count). The summed E-state index contributed by atoms with van der Waals surface area (Å²) in [7, 11) is 0. The highest BCUT2D eigenvalue weighted by Crippen LogP contribution is 2.49. The number of nitrogens with one attached hydrogen (secondary N) is 1. The minimum Gasteiger partial charge on any atom is -0.368 e. The summed E-state index contributed by atoms with van der Waals surface area (Å²) in [5, 5.41) is 16.0. The lowest BCUT2D eigenvalue weighted by molar-refractivity contribution is 0.484. The first-order valence-electron chi connectivity index (χ1n) is 6.65. The molecular formula is C13H19N5. The van der Waals surface area contributed by atoms with E-state index in [4.69, 9.17) is 0 Å². The Morgan fingerprint density at radius 3 is 2.89 bits per heavy atom. The van der Waals surface area contributed by atoms with Gasteiger partial charge in [0.15, 0.2) is 11.5 Å². The van der Waals surface area contributed by atoms with E-state index in [-0.39, 0.29) is 0 Å². The summed E-state index contributed by atoms with van der Waals surface area (Å²) in [6.07, 6.45) is 5.27. The van der Waals surface area contributed by atoms with Crippen LogP contribution < -0.4 is 5.32 Å². The monoisotopic (exact) mass is 245 g/mol. The molecule has 0 saturated heterocycles. The summed E-state index contributed by atoms with van der Waals surface area (Å²) in [5.74, 6) is 1.73. The van der Waals surface area contributed by atoms with Crippen LogP contribution in [-0.4, -0.2) is 26.4 Å². The first-order chi connectivity index (χ1) is 8.72. The van der Waals surface area contributed by atoms with E-state index in [0.717, 1.165) is 23.8 Å². The van der Waals surface area contributed by atoms with Crippen molar-refractivity contribution in [2.45, 2.75) is 39.5 Å². The van der Waals surface area contributed by atoms with Gasteiger partial charge in [-0.05, 0) is 43.7 Å². The molecule has 0 radical (unpaired) electrons. The van der Waals surface area contributed by atoms with Gasteiger partial charge in [-0.15, -0.1) is 15.3 Å². The summed E-state index contributed by atoms with van der Waals surface area (Å²) >= 11 is 0. The van der Waals surface area contributed by atoms with Crippen LogP contribution in [0.5, 0.6) is 0 Å². The van der Waals surface area contributed by atoms with Crippen molar-refractivity contribution in [3.8, 4) is 0 Å². The van der Waals surface area contributed by atoms with Crippen molar-refractivity contribution in [2.24, 2.45) is 5.41 Å². The fraction of sp³-hybridized carbons (Fsp3) is 0.615. The Morgan fingerprint density at radius 2 is 2.17 bits per heavy atom. The second-order valence-corrected chi connectivity index (χ2v) is 5.34. The van der Waals surface area contributed by atoms with Gasteiger partial charge < -0.3 is 5.32 Å². The topological polar surface area (TPSA) is 55.1 Å². The van der Waals surface area contributed by atoms with Crippen molar-refractivity contribution >= 4 is 11.5 Å². The number of anilines is 1. The number of aromatic nitrogens is 4. The predicted octanol–water partition coefficient (Wildman–Crippen LogP) is 2.42. The number of rotatable bonds is 5. The number of hydrogen-bond donors (Lipinski definition) is 1. The molecule has 2 aromatic heterocycles. The quantitative estimate of drug-likeness (QED) is 0.879. The van der Waals surface area contributed by atoms with E-state index in [2.05, 4.69) is 27.5 Å².